The number of nitrogens with zero attached hydrogens (tertiary/aromatic N) is 5. The summed E-state index contributed by atoms with van der Waals surface area (Å²) in [6.45, 7) is 2.87. The maximum Gasteiger partial charge on any atom is 0.321 e. The molecule has 1 N–H and O–H groups in total. The largest absolute Gasteiger partial charge is 0.376 e. The van der Waals surface area contributed by atoms with Gasteiger partial charge in [0.25, 0.3) is 0 Å². The molecule has 1 aliphatic heterocycles. The minimum Gasteiger partial charge on any atom is -0.376 e. The zero-order valence-corrected chi connectivity index (χ0v) is 15.3. The molecule has 1 aromatic carbocycles. The second-order valence-electron chi connectivity index (χ2n) is 6.73. The van der Waals surface area contributed by atoms with Crippen LogP contribution in [0.3, 0.4) is 0 Å². The Bertz CT molecular complexity index is 697. The first-order chi connectivity index (χ1) is 12.6. The summed E-state index contributed by atoms with van der Waals surface area (Å²) in [5, 5.41) is 10.6. The first-order valence-electron chi connectivity index (χ1n) is 8.89. The quantitative estimate of drug-likeness (QED) is 0.817. The first-order valence-corrected chi connectivity index (χ1v) is 8.89. The van der Waals surface area contributed by atoms with E-state index in [1.54, 1.807) is 17.2 Å². The molecule has 1 fully saturated rings. The Morgan fingerprint density at radius 1 is 1.31 bits per heavy atom. The summed E-state index contributed by atoms with van der Waals surface area (Å²) < 4.78 is 7.50. The van der Waals surface area contributed by atoms with Gasteiger partial charge in [-0.3, -0.25) is 4.57 Å². The van der Waals surface area contributed by atoms with Gasteiger partial charge in [0.1, 0.15) is 12.7 Å². The number of anilines is 1. The maximum absolute atomic E-state index is 12.8. The number of nitrogens with one attached hydrogen (secondary N) is 1. The topological polar surface area (TPSA) is 75.5 Å². The lowest BCUT2D eigenvalue weighted by atomic mass is 10.2. The first kappa shape index (κ1) is 18.3. The van der Waals surface area contributed by atoms with Crippen molar-refractivity contribution in [3.8, 4) is 5.69 Å². The number of hydrogen-bond donors (Lipinski definition) is 1. The molecule has 1 atom stereocenters. The predicted octanol–water partition coefficient (Wildman–Crippen LogP) is 1.84. The second-order valence-corrected chi connectivity index (χ2v) is 6.73. The molecule has 0 saturated carbocycles. The van der Waals surface area contributed by atoms with Crippen molar-refractivity contribution >= 4 is 11.7 Å². The molecule has 1 saturated heterocycles. The highest BCUT2D eigenvalue weighted by Crippen LogP contribution is 2.17. The van der Waals surface area contributed by atoms with E-state index in [4.69, 9.17) is 4.74 Å². The van der Waals surface area contributed by atoms with Gasteiger partial charge in [-0.25, -0.2) is 4.79 Å². The summed E-state index contributed by atoms with van der Waals surface area (Å²) in [7, 11) is 4.01. The van der Waals surface area contributed by atoms with Crippen LogP contribution >= 0.6 is 0 Å². The van der Waals surface area contributed by atoms with Gasteiger partial charge in [0.05, 0.1) is 11.8 Å². The molecule has 2 amide bonds. The minimum absolute atomic E-state index is 0.108. The second kappa shape index (κ2) is 8.77. The Balaban J connectivity index is 1.66. The number of rotatable bonds is 7. The van der Waals surface area contributed by atoms with Crippen LogP contribution in [-0.2, 0) is 4.74 Å². The number of urea groups is 1. The number of amides is 2. The summed E-state index contributed by atoms with van der Waals surface area (Å²) in [5.74, 6) is 0. The van der Waals surface area contributed by atoms with E-state index in [0.29, 0.717) is 13.1 Å². The van der Waals surface area contributed by atoms with E-state index < -0.39 is 0 Å². The lowest BCUT2D eigenvalue weighted by Gasteiger charge is -2.27. The van der Waals surface area contributed by atoms with Crippen molar-refractivity contribution < 1.29 is 9.53 Å². The Morgan fingerprint density at radius 3 is 2.81 bits per heavy atom. The number of ether oxygens (including phenoxy) is 1. The highest BCUT2D eigenvalue weighted by molar-refractivity contribution is 5.89. The molecule has 2 aromatic rings. The van der Waals surface area contributed by atoms with Crippen LogP contribution in [0.1, 0.15) is 12.8 Å². The van der Waals surface area contributed by atoms with Crippen LogP contribution in [0.4, 0.5) is 10.5 Å². The van der Waals surface area contributed by atoms with Crippen LogP contribution in [0.5, 0.6) is 0 Å². The zero-order chi connectivity index (χ0) is 18.4. The Hall–Kier alpha value is -2.45. The fraction of sp³-hybridized carbons (Fsp3) is 0.500. The van der Waals surface area contributed by atoms with E-state index in [0.717, 1.165) is 37.4 Å². The van der Waals surface area contributed by atoms with Gasteiger partial charge in [-0.15, -0.1) is 10.2 Å². The summed E-state index contributed by atoms with van der Waals surface area (Å²) >= 11 is 0. The SMILES string of the molecule is CN(C)CCN(CC1CCCO1)C(=O)Nc1cccc(-n2cnnc2)c1. The monoisotopic (exact) mass is 358 g/mol. The van der Waals surface area contributed by atoms with E-state index in [9.17, 15) is 4.79 Å². The van der Waals surface area contributed by atoms with Gasteiger partial charge in [0.2, 0.25) is 0 Å². The normalized spacial score (nSPS) is 16.8. The third-order valence-electron chi connectivity index (χ3n) is 4.37. The molecular weight excluding hydrogens is 332 g/mol. The summed E-state index contributed by atoms with van der Waals surface area (Å²) in [6.07, 6.45) is 5.46. The van der Waals surface area contributed by atoms with Crippen LogP contribution in [0.25, 0.3) is 5.69 Å². The number of likely N-dealkylation sites (N-methyl/N-ethyl adjacent to an activating group) is 1. The average Bonchev–Trinajstić information content (AvgIpc) is 3.32. The lowest BCUT2D eigenvalue weighted by Crippen LogP contribution is -2.43. The Labute approximate surface area is 153 Å². The lowest BCUT2D eigenvalue weighted by molar-refractivity contribution is 0.0820. The molecule has 0 aliphatic carbocycles. The van der Waals surface area contributed by atoms with E-state index in [1.807, 2.05) is 43.3 Å². The Morgan fingerprint density at radius 2 is 2.12 bits per heavy atom. The standard InChI is InChI=1S/C18H26N6O2/c1-22(2)8-9-23(12-17-7-4-10-26-17)18(25)21-15-5-3-6-16(11-15)24-13-19-20-14-24/h3,5-6,11,13-14,17H,4,7-10,12H2,1-2H3,(H,21,25). The van der Waals surface area contributed by atoms with Crippen molar-refractivity contribution in [1.82, 2.24) is 24.6 Å². The molecule has 3 rings (SSSR count). The summed E-state index contributed by atoms with van der Waals surface area (Å²) in [6, 6.07) is 7.51. The number of hydrogen-bond acceptors (Lipinski definition) is 5. The van der Waals surface area contributed by atoms with Gasteiger partial charge in [-0.1, -0.05) is 6.07 Å². The minimum atomic E-state index is -0.108. The van der Waals surface area contributed by atoms with Gasteiger partial charge in [-0.2, -0.15) is 0 Å². The third kappa shape index (κ3) is 5.03. The molecule has 140 valence electrons. The van der Waals surface area contributed by atoms with Crippen LogP contribution < -0.4 is 5.32 Å². The van der Waals surface area contributed by atoms with Gasteiger partial charge < -0.3 is 19.9 Å². The highest BCUT2D eigenvalue weighted by atomic mass is 16.5. The molecule has 1 aromatic heterocycles. The molecular formula is C18H26N6O2. The van der Waals surface area contributed by atoms with Crippen LogP contribution in [0.2, 0.25) is 0 Å². The van der Waals surface area contributed by atoms with Gasteiger partial charge in [0, 0.05) is 31.9 Å². The van der Waals surface area contributed by atoms with Gasteiger partial charge in [0.15, 0.2) is 0 Å². The van der Waals surface area contributed by atoms with Crippen molar-refractivity contribution in [3.05, 3.63) is 36.9 Å². The fourth-order valence-electron chi connectivity index (χ4n) is 2.91. The maximum atomic E-state index is 12.8. The smallest absolute Gasteiger partial charge is 0.321 e. The number of carbonyl (C=O) groups is 1. The highest BCUT2D eigenvalue weighted by Gasteiger charge is 2.22. The van der Waals surface area contributed by atoms with E-state index in [1.165, 1.54) is 0 Å². The third-order valence-corrected chi connectivity index (χ3v) is 4.37. The fourth-order valence-corrected chi connectivity index (χ4v) is 2.91. The number of carbonyl (C=O) groups excluding carboxylic acids is 1. The van der Waals surface area contributed by atoms with Crippen LogP contribution in [0, 0.1) is 0 Å². The average molecular weight is 358 g/mol. The van der Waals surface area contributed by atoms with Gasteiger partial charge in [-0.05, 0) is 45.1 Å². The predicted molar refractivity (Wildman–Crippen MR) is 99.5 cm³/mol. The molecule has 0 spiro atoms. The molecule has 26 heavy (non-hydrogen) atoms. The Kier molecular flexibility index (Phi) is 6.19. The molecule has 8 nitrogen and oxygen atoms in total. The van der Waals surface area contributed by atoms with Crippen molar-refractivity contribution in [2.24, 2.45) is 0 Å². The van der Waals surface area contributed by atoms with Crippen LogP contribution in [-0.4, -0.2) is 77.0 Å². The van der Waals surface area contributed by atoms with Crippen molar-refractivity contribution in [1.29, 1.82) is 0 Å². The molecule has 2 heterocycles. The molecule has 0 bridgehead atoms. The van der Waals surface area contributed by atoms with Crippen molar-refractivity contribution in [2.45, 2.75) is 18.9 Å². The van der Waals surface area contributed by atoms with E-state index in [2.05, 4.69) is 20.4 Å². The number of benzene rings is 1. The molecule has 0 radical (unpaired) electrons. The van der Waals surface area contributed by atoms with Crippen LogP contribution in [0.15, 0.2) is 36.9 Å². The van der Waals surface area contributed by atoms with Gasteiger partial charge >= 0.3 is 6.03 Å². The summed E-state index contributed by atoms with van der Waals surface area (Å²) in [4.78, 5) is 16.7. The molecule has 8 heteroatoms. The molecule has 1 unspecified atom stereocenters. The van der Waals surface area contributed by atoms with Crippen molar-refractivity contribution in [3.63, 3.8) is 0 Å². The zero-order valence-electron chi connectivity index (χ0n) is 15.3. The van der Waals surface area contributed by atoms with E-state index in [-0.39, 0.29) is 12.1 Å². The number of aromatic nitrogens is 3. The van der Waals surface area contributed by atoms with Crippen molar-refractivity contribution in [2.75, 3.05) is 45.7 Å². The summed E-state index contributed by atoms with van der Waals surface area (Å²) in [5.41, 5.74) is 1.63. The van der Waals surface area contributed by atoms with E-state index >= 15 is 0 Å². The molecule has 1 aliphatic rings.